The zero-order valence-electron chi connectivity index (χ0n) is 20.6. The summed E-state index contributed by atoms with van der Waals surface area (Å²) in [4.78, 5) is 31.8. The van der Waals surface area contributed by atoms with Crippen LogP contribution in [-0.2, 0) is 11.2 Å². The van der Waals surface area contributed by atoms with E-state index in [0.29, 0.717) is 19.2 Å². The molecule has 0 aliphatic carbocycles. The normalized spacial score (nSPS) is 15.5. The molecule has 11 heteroatoms. The van der Waals surface area contributed by atoms with Crippen LogP contribution in [-0.4, -0.2) is 96.9 Å². The van der Waals surface area contributed by atoms with Crippen molar-refractivity contribution in [3.05, 3.63) is 36.3 Å². The molecule has 0 amide bonds. The summed E-state index contributed by atoms with van der Waals surface area (Å²) in [6.07, 6.45) is 6.22. The molecule has 1 saturated heterocycles. The van der Waals surface area contributed by atoms with Gasteiger partial charge in [-0.3, -0.25) is 0 Å². The van der Waals surface area contributed by atoms with Crippen LogP contribution in [0.4, 0.5) is 29.2 Å². The van der Waals surface area contributed by atoms with Crippen LogP contribution in [0, 0.1) is 0 Å². The van der Waals surface area contributed by atoms with Crippen molar-refractivity contribution < 1.29 is 4.74 Å². The van der Waals surface area contributed by atoms with Crippen molar-refractivity contribution in [3.63, 3.8) is 0 Å². The van der Waals surface area contributed by atoms with Crippen molar-refractivity contribution in [1.82, 2.24) is 29.8 Å². The van der Waals surface area contributed by atoms with Crippen LogP contribution in [0.3, 0.4) is 0 Å². The molecule has 0 atom stereocenters. The number of nitrogens with two attached hydrogens (primary N) is 1. The highest BCUT2D eigenvalue weighted by atomic mass is 16.5. The first-order valence-electron chi connectivity index (χ1n) is 11.9. The van der Waals surface area contributed by atoms with E-state index >= 15 is 0 Å². The first kappa shape index (κ1) is 23.2. The zero-order chi connectivity index (χ0) is 24.4. The van der Waals surface area contributed by atoms with E-state index in [-0.39, 0.29) is 5.95 Å². The van der Waals surface area contributed by atoms with Gasteiger partial charge in [0.25, 0.3) is 0 Å². The highest BCUT2D eigenvalue weighted by Gasteiger charge is 2.29. The number of rotatable bonds is 7. The largest absolute Gasteiger partial charge is 0.378 e. The zero-order valence-corrected chi connectivity index (χ0v) is 20.6. The number of ether oxygens (including phenoxy) is 1. The predicted molar refractivity (Wildman–Crippen MR) is 137 cm³/mol. The van der Waals surface area contributed by atoms with Gasteiger partial charge in [-0.15, -0.1) is 0 Å². The Kier molecular flexibility index (Phi) is 6.60. The Morgan fingerprint density at radius 3 is 2.40 bits per heavy atom. The Labute approximate surface area is 205 Å². The number of likely N-dealkylation sites (N-methyl/N-ethyl adjacent to an activating group) is 2. The van der Waals surface area contributed by atoms with Crippen molar-refractivity contribution in [3.8, 4) is 11.3 Å². The van der Waals surface area contributed by atoms with Crippen LogP contribution in [0.1, 0.15) is 5.56 Å². The number of fused-ring (bicyclic) bond motifs is 1. The fourth-order valence-electron chi connectivity index (χ4n) is 4.33. The number of aromatic nitrogens is 5. The molecule has 5 rings (SSSR count). The molecule has 11 nitrogen and oxygen atoms in total. The summed E-state index contributed by atoms with van der Waals surface area (Å²) in [6.45, 7) is 5.52. The van der Waals surface area contributed by atoms with Gasteiger partial charge in [0.05, 0.1) is 30.8 Å². The van der Waals surface area contributed by atoms with Gasteiger partial charge in [-0.1, -0.05) is 0 Å². The minimum absolute atomic E-state index is 0.246. The summed E-state index contributed by atoms with van der Waals surface area (Å²) in [5.41, 5.74) is 9.52. The lowest BCUT2D eigenvalue weighted by Gasteiger charge is -2.28. The number of hydrogen-bond acceptors (Lipinski definition) is 11. The van der Waals surface area contributed by atoms with E-state index in [1.165, 1.54) is 0 Å². The lowest BCUT2D eigenvalue weighted by Crippen LogP contribution is -2.37. The molecule has 0 saturated carbocycles. The minimum atomic E-state index is 0.246. The second-order valence-corrected chi connectivity index (χ2v) is 9.10. The second-order valence-electron chi connectivity index (χ2n) is 9.10. The third-order valence-corrected chi connectivity index (χ3v) is 6.37. The number of hydrogen-bond donors (Lipinski definition) is 1. The van der Waals surface area contributed by atoms with Crippen molar-refractivity contribution in [2.75, 3.05) is 87.5 Å². The quantitative estimate of drug-likeness (QED) is 0.534. The smallest absolute Gasteiger partial charge is 0.228 e. The molecule has 35 heavy (non-hydrogen) atoms. The lowest BCUT2D eigenvalue weighted by molar-refractivity contribution is 0.122. The second kappa shape index (κ2) is 9.96. The molecule has 0 unspecified atom stereocenters. The van der Waals surface area contributed by atoms with Gasteiger partial charge in [-0.2, -0.15) is 4.98 Å². The molecule has 0 radical (unpaired) electrons. The van der Waals surface area contributed by atoms with Gasteiger partial charge < -0.3 is 30.1 Å². The Morgan fingerprint density at radius 1 is 0.943 bits per heavy atom. The number of nitrogens with zero attached hydrogens (tertiary/aromatic N) is 9. The molecule has 1 fully saturated rings. The maximum Gasteiger partial charge on any atom is 0.228 e. The summed E-state index contributed by atoms with van der Waals surface area (Å²) >= 11 is 0. The molecule has 2 aliphatic rings. The molecule has 2 aliphatic heterocycles. The summed E-state index contributed by atoms with van der Waals surface area (Å²) < 4.78 is 5.54. The first-order valence-corrected chi connectivity index (χ1v) is 11.9. The van der Waals surface area contributed by atoms with Crippen molar-refractivity contribution in [2.24, 2.45) is 0 Å². The van der Waals surface area contributed by atoms with Gasteiger partial charge >= 0.3 is 0 Å². The van der Waals surface area contributed by atoms with Crippen LogP contribution in [0.2, 0.25) is 0 Å². The highest BCUT2D eigenvalue weighted by molar-refractivity contribution is 5.76. The molecular formula is C24H32N10O. The van der Waals surface area contributed by atoms with Gasteiger partial charge in [-0.05, 0) is 32.6 Å². The Balaban J connectivity index is 1.48. The topological polar surface area (TPSA) is 113 Å². The van der Waals surface area contributed by atoms with Crippen LogP contribution in [0.25, 0.3) is 11.3 Å². The monoisotopic (exact) mass is 476 g/mol. The van der Waals surface area contributed by atoms with E-state index < -0.39 is 0 Å². The van der Waals surface area contributed by atoms with Crippen LogP contribution in [0.15, 0.2) is 30.7 Å². The average Bonchev–Trinajstić information content (AvgIpc) is 3.32. The maximum atomic E-state index is 5.73. The van der Waals surface area contributed by atoms with Crippen molar-refractivity contribution in [2.45, 2.75) is 6.42 Å². The van der Waals surface area contributed by atoms with Gasteiger partial charge in [0.2, 0.25) is 11.9 Å². The van der Waals surface area contributed by atoms with E-state index in [9.17, 15) is 0 Å². The van der Waals surface area contributed by atoms with E-state index in [0.717, 1.165) is 73.3 Å². The number of nitrogen functional groups attached to an aromatic ring is 1. The summed E-state index contributed by atoms with van der Waals surface area (Å²) in [5, 5.41) is 0. The Bertz CT molecular complexity index is 1150. The molecule has 5 heterocycles. The van der Waals surface area contributed by atoms with Crippen LogP contribution >= 0.6 is 0 Å². The molecular weight excluding hydrogens is 444 g/mol. The van der Waals surface area contributed by atoms with E-state index in [4.69, 9.17) is 25.4 Å². The molecule has 2 N–H and O–H groups in total. The fraction of sp³-hybridized carbons (Fsp3) is 0.458. The highest BCUT2D eigenvalue weighted by Crippen LogP contribution is 2.39. The predicted octanol–water partition coefficient (Wildman–Crippen LogP) is 1.44. The summed E-state index contributed by atoms with van der Waals surface area (Å²) in [5.74, 6) is 2.80. The molecule has 0 bridgehead atoms. The van der Waals surface area contributed by atoms with E-state index in [2.05, 4.69) is 62.8 Å². The first-order chi connectivity index (χ1) is 17.0. The molecule has 0 spiro atoms. The van der Waals surface area contributed by atoms with Crippen LogP contribution in [0.5, 0.6) is 0 Å². The maximum absolute atomic E-state index is 5.73. The lowest BCUT2D eigenvalue weighted by atomic mass is 10.1. The summed E-state index contributed by atoms with van der Waals surface area (Å²) in [7, 11) is 6.22. The summed E-state index contributed by atoms with van der Waals surface area (Å²) in [6, 6.07) is 4.19. The van der Waals surface area contributed by atoms with Crippen molar-refractivity contribution >= 4 is 29.2 Å². The van der Waals surface area contributed by atoms with Crippen molar-refractivity contribution in [1.29, 1.82) is 0 Å². The van der Waals surface area contributed by atoms with Gasteiger partial charge in [0, 0.05) is 63.3 Å². The van der Waals surface area contributed by atoms with E-state index in [1.807, 2.05) is 6.20 Å². The average molecular weight is 477 g/mol. The number of anilines is 5. The molecule has 184 valence electrons. The third kappa shape index (κ3) is 4.96. The number of morpholine rings is 1. The van der Waals surface area contributed by atoms with Gasteiger partial charge in [0.15, 0.2) is 0 Å². The Hall–Kier alpha value is -3.57. The molecule has 0 aromatic carbocycles. The number of pyridine rings is 1. The van der Waals surface area contributed by atoms with Gasteiger partial charge in [-0.25, -0.2) is 19.9 Å². The fourth-order valence-corrected chi connectivity index (χ4v) is 4.33. The standard InChI is InChI=1S/C24H32N10O/c1-31(2)8-9-32(3)20-5-4-18(16-26-20)34-7-6-19-21(17-14-27-23(25)28-15-17)29-24(30-22(19)34)33-10-12-35-13-11-33/h4-5,14-16H,6-13H2,1-3H3,(H2,25,27,28). The SMILES string of the molecule is CN(C)CCN(C)c1ccc(N2CCc3c(-c4cnc(N)nc4)nc(N4CCOCC4)nc32)cn1. The van der Waals surface area contributed by atoms with Gasteiger partial charge in [0.1, 0.15) is 11.6 Å². The van der Waals surface area contributed by atoms with Crippen LogP contribution < -0.4 is 20.4 Å². The third-order valence-electron chi connectivity index (χ3n) is 6.37. The molecule has 3 aromatic heterocycles. The Morgan fingerprint density at radius 2 is 1.71 bits per heavy atom. The van der Waals surface area contributed by atoms with E-state index in [1.54, 1.807) is 12.4 Å². The minimum Gasteiger partial charge on any atom is -0.378 e. The molecule has 3 aromatic rings.